The zero-order chi connectivity index (χ0) is 11.4. The molecule has 1 atom stereocenters. The predicted molar refractivity (Wildman–Crippen MR) is 67.8 cm³/mol. The summed E-state index contributed by atoms with van der Waals surface area (Å²) in [4.78, 5) is 5.41. The van der Waals surface area contributed by atoms with Gasteiger partial charge in [0.05, 0.1) is 23.9 Å². The Morgan fingerprint density at radius 1 is 1.56 bits per heavy atom. The Balaban J connectivity index is 1.99. The predicted octanol–water partition coefficient (Wildman–Crippen LogP) is 2.34. The van der Waals surface area contributed by atoms with Crippen LogP contribution >= 0.6 is 22.7 Å². The average Bonchev–Trinajstić information content (AvgIpc) is 2.92. The first-order valence-electron chi connectivity index (χ1n) is 5.06. The molecule has 16 heavy (non-hydrogen) atoms. The third-order valence-electron chi connectivity index (χ3n) is 2.41. The van der Waals surface area contributed by atoms with Crippen LogP contribution < -0.4 is 5.32 Å². The maximum Gasteiger partial charge on any atom is 0.0795 e. The standard InChI is InChI=1S/C11H14N2OS2/c1-8-2-3-16-11(8)10(5-14)12-4-9-6-15-7-13-9/h2-3,6-7,10,12,14H,4-5H2,1H3. The first-order chi connectivity index (χ1) is 7.81. The van der Waals surface area contributed by atoms with Crippen molar-refractivity contribution in [2.45, 2.75) is 19.5 Å². The molecule has 0 radical (unpaired) electrons. The molecule has 5 heteroatoms. The fourth-order valence-corrected chi connectivity index (χ4v) is 3.09. The Kier molecular flexibility index (Phi) is 4.06. The number of thiophene rings is 1. The first-order valence-corrected chi connectivity index (χ1v) is 6.89. The molecular formula is C11H14N2OS2. The number of nitrogens with one attached hydrogen (secondary N) is 1. The van der Waals surface area contributed by atoms with Crippen molar-refractivity contribution in [3.63, 3.8) is 0 Å². The van der Waals surface area contributed by atoms with Gasteiger partial charge in [0.1, 0.15) is 0 Å². The van der Waals surface area contributed by atoms with Gasteiger partial charge in [-0.15, -0.1) is 22.7 Å². The van der Waals surface area contributed by atoms with Gasteiger partial charge >= 0.3 is 0 Å². The Morgan fingerprint density at radius 2 is 2.44 bits per heavy atom. The molecule has 0 aliphatic rings. The fourth-order valence-electron chi connectivity index (χ4n) is 1.53. The fraction of sp³-hybridized carbons (Fsp3) is 0.364. The molecule has 0 fully saturated rings. The van der Waals surface area contributed by atoms with Crippen molar-refractivity contribution >= 4 is 22.7 Å². The van der Waals surface area contributed by atoms with E-state index in [0.29, 0.717) is 6.54 Å². The van der Waals surface area contributed by atoms with E-state index in [1.54, 1.807) is 22.7 Å². The molecule has 3 nitrogen and oxygen atoms in total. The Bertz CT molecular complexity index is 425. The van der Waals surface area contributed by atoms with Gasteiger partial charge in [-0.1, -0.05) is 0 Å². The molecule has 2 N–H and O–H groups in total. The molecule has 2 aromatic rings. The van der Waals surface area contributed by atoms with Gasteiger partial charge in [-0.2, -0.15) is 0 Å². The van der Waals surface area contributed by atoms with E-state index in [1.165, 1.54) is 10.4 Å². The van der Waals surface area contributed by atoms with Gasteiger partial charge in [0.2, 0.25) is 0 Å². The monoisotopic (exact) mass is 254 g/mol. The Morgan fingerprint density at radius 3 is 3.00 bits per heavy atom. The van der Waals surface area contributed by atoms with Gasteiger partial charge in [-0.05, 0) is 23.9 Å². The van der Waals surface area contributed by atoms with E-state index in [4.69, 9.17) is 0 Å². The largest absolute Gasteiger partial charge is 0.394 e. The maximum absolute atomic E-state index is 9.38. The number of aliphatic hydroxyl groups excluding tert-OH is 1. The highest BCUT2D eigenvalue weighted by Gasteiger charge is 2.13. The molecule has 0 amide bonds. The van der Waals surface area contributed by atoms with E-state index in [1.807, 2.05) is 10.9 Å². The van der Waals surface area contributed by atoms with E-state index in [0.717, 1.165) is 5.69 Å². The minimum absolute atomic E-state index is 0.0155. The second-order valence-electron chi connectivity index (χ2n) is 3.56. The van der Waals surface area contributed by atoms with Gasteiger partial charge in [-0.3, -0.25) is 0 Å². The highest BCUT2D eigenvalue weighted by atomic mass is 32.1. The number of thiazole rings is 1. The second-order valence-corrected chi connectivity index (χ2v) is 5.23. The molecule has 0 saturated carbocycles. The molecule has 0 aliphatic heterocycles. The molecule has 0 spiro atoms. The lowest BCUT2D eigenvalue weighted by Gasteiger charge is -2.15. The zero-order valence-corrected chi connectivity index (χ0v) is 10.6. The van der Waals surface area contributed by atoms with Crippen molar-refractivity contribution in [3.8, 4) is 0 Å². The summed E-state index contributed by atoms with van der Waals surface area (Å²) in [5.74, 6) is 0. The lowest BCUT2D eigenvalue weighted by atomic mass is 10.2. The van der Waals surface area contributed by atoms with Crippen LogP contribution in [0.4, 0.5) is 0 Å². The van der Waals surface area contributed by atoms with Crippen LogP contribution in [-0.4, -0.2) is 16.7 Å². The summed E-state index contributed by atoms with van der Waals surface area (Å²) >= 11 is 3.27. The van der Waals surface area contributed by atoms with E-state index in [2.05, 4.69) is 28.7 Å². The third kappa shape index (κ3) is 2.68. The molecule has 0 aliphatic carbocycles. The van der Waals surface area contributed by atoms with Crippen LogP contribution in [0.15, 0.2) is 22.3 Å². The smallest absolute Gasteiger partial charge is 0.0795 e. The van der Waals surface area contributed by atoms with Crippen molar-refractivity contribution in [2.75, 3.05) is 6.61 Å². The van der Waals surface area contributed by atoms with Crippen LogP contribution in [0.5, 0.6) is 0 Å². The van der Waals surface area contributed by atoms with Gasteiger partial charge in [0.25, 0.3) is 0 Å². The number of aryl methyl sites for hydroxylation is 1. The van der Waals surface area contributed by atoms with E-state index < -0.39 is 0 Å². The van der Waals surface area contributed by atoms with Crippen molar-refractivity contribution in [1.29, 1.82) is 0 Å². The quantitative estimate of drug-likeness (QED) is 0.861. The SMILES string of the molecule is Cc1ccsc1C(CO)NCc1cscn1. The summed E-state index contributed by atoms with van der Waals surface area (Å²) in [5, 5.41) is 16.8. The normalized spacial score (nSPS) is 12.9. The molecule has 2 aromatic heterocycles. The molecule has 0 saturated heterocycles. The van der Waals surface area contributed by atoms with Crippen molar-refractivity contribution in [3.05, 3.63) is 38.5 Å². The van der Waals surface area contributed by atoms with Crippen LogP contribution in [0.3, 0.4) is 0 Å². The lowest BCUT2D eigenvalue weighted by molar-refractivity contribution is 0.245. The number of nitrogens with zero attached hydrogens (tertiary/aromatic N) is 1. The molecule has 1 unspecified atom stereocenters. The molecule has 2 rings (SSSR count). The van der Waals surface area contributed by atoms with Crippen LogP contribution in [0.2, 0.25) is 0 Å². The number of aliphatic hydroxyl groups is 1. The average molecular weight is 254 g/mol. The van der Waals surface area contributed by atoms with Gasteiger partial charge < -0.3 is 10.4 Å². The summed E-state index contributed by atoms with van der Waals surface area (Å²) in [6, 6.07) is 2.09. The molecule has 0 bridgehead atoms. The minimum atomic E-state index is 0.0155. The highest BCUT2D eigenvalue weighted by molar-refractivity contribution is 7.10. The molecule has 86 valence electrons. The van der Waals surface area contributed by atoms with E-state index in [-0.39, 0.29) is 12.6 Å². The van der Waals surface area contributed by atoms with Gasteiger partial charge in [0.15, 0.2) is 0 Å². The summed E-state index contributed by atoms with van der Waals surface area (Å²) in [7, 11) is 0. The lowest BCUT2D eigenvalue weighted by Crippen LogP contribution is -2.23. The molecule has 0 aromatic carbocycles. The second kappa shape index (κ2) is 5.54. The van der Waals surface area contributed by atoms with Crippen LogP contribution in [0, 0.1) is 6.92 Å². The number of hydrogen-bond acceptors (Lipinski definition) is 5. The number of hydrogen-bond donors (Lipinski definition) is 2. The highest BCUT2D eigenvalue weighted by Crippen LogP contribution is 2.23. The van der Waals surface area contributed by atoms with E-state index in [9.17, 15) is 5.11 Å². The number of rotatable bonds is 5. The summed E-state index contributed by atoms with van der Waals surface area (Å²) < 4.78 is 0. The van der Waals surface area contributed by atoms with Gasteiger partial charge in [0, 0.05) is 16.8 Å². The van der Waals surface area contributed by atoms with Crippen molar-refractivity contribution in [2.24, 2.45) is 0 Å². The van der Waals surface area contributed by atoms with Crippen LogP contribution in [-0.2, 0) is 6.54 Å². The van der Waals surface area contributed by atoms with Crippen molar-refractivity contribution in [1.82, 2.24) is 10.3 Å². The van der Waals surface area contributed by atoms with Gasteiger partial charge in [-0.25, -0.2) is 4.98 Å². The molecular weight excluding hydrogens is 240 g/mol. The third-order valence-corrected chi connectivity index (χ3v) is 4.18. The van der Waals surface area contributed by atoms with Crippen LogP contribution in [0.25, 0.3) is 0 Å². The van der Waals surface area contributed by atoms with Crippen LogP contribution in [0.1, 0.15) is 22.2 Å². The topological polar surface area (TPSA) is 45.1 Å². The first kappa shape index (κ1) is 11.7. The minimum Gasteiger partial charge on any atom is -0.394 e. The van der Waals surface area contributed by atoms with E-state index >= 15 is 0 Å². The Labute approximate surface area is 103 Å². The number of aromatic nitrogens is 1. The summed E-state index contributed by atoms with van der Waals surface area (Å²) in [5.41, 5.74) is 4.08. The maximum atomic E-state index is 9.38. The zero-order valence-electron chi connectivity index (χ0n) is 9.01. The summed E-state index contributed by atoms with van der Waals surface area (Å²) in [6.07, 6.45) is 0. The summed E-state index contributed by atoms with van der Waals surface area (Å²) in [6.45, 7) is 2.89. The molecule has 2 heterocycles. The van der Waals surface area contributed by atoms with Crippen molar-refractivity contribution < 1.29 is 5.11 Å². The Hall–Kier alpha value is -0.750.